The molecule has 4 saturated heterocycles. The predicted molar refractivity (Wildman–Crippen MR) is 219 cm³/mol. The van der Waals surface area contributed by atoms with Crippen molar-refractivity contribution in [3.8, 4) is 0 Å². The van der Waals surface area contributed by atoms with Gasteiger partial charge in [0, 0.05) is 5.54 Å². The van der Waals surface area contributed by atoms with E-state index in [9.17, 15) is 46.0 Å². The summed E-state index contributed by atoms with van der Waals surface area (Å²) >= 11 is 0. The Labute approximate surface area is 365 Å². The maximum atomic E-state index is 11.6. The first-order valence-electron chi connectivity index (χ1n) is 23.8. The first-order valence-corrected chi connectivity index (χ1v) is 23.8. The van der Waals surface area contributed by atoms with Gasteiger partial charge in [0.1, 0.15) is 67.1 Å². The van der Waals surface area contributed by atoms with Gasteiger partial charge in [-0.25, -0.2) is 0 Å². The lowest BCUT2D eigenvalue weighted by atomic mass is 9.46. The molecule has 0 amide bonds. The molecule has 0 aromatic carbocycles. The number of piperidine rings is 1. The molecule has 9 rings (SSSR count). The molecule has 26 unspecified atom stereocenters. The summed E-state index contributed by atoms with van der Waals surface area (Å²) < 4.78 is 36.8. The van der Waals surface area contributed by atoms with E-state index in [1.165, 1.54) is 51.0 Å². The van der Waals surface area contributed by atoms with Gasteiger partial charge in [-0.1, -0.05) is 39.3 Å². The van der Waals surface area contributed by atoms with Gasteiger partial charge >= 0.3 is 0 Å². The van der Waals surface area contributed by atoms with Crippen LogP contribution in [0.1, 0.15) is 98.8 Å². The molecule has 9 aliphatic rings. The van der Waals surface area contributed by atoms with Crippen LogP contribution < -0.4 is 5.32 Å². The van der Waals surface area contributed by atoms with E-state index < -0.39 is 105 Å². The highest BCUT2D eigenvalue weighted by Crippen LogP contribution is 2.72. The van der Waals surface area contributed by atoms with Crippen LogP contribution in [0.3, 0.4) is 0 Å². The first kappa shape index (κ1) is 46.2. The second kappa shape index (κ2) is 17.3. The highest BCUT2D eigenvalue weighted by molar-refractivity contribution is 5.27. The standard InChI is InChI=1S/C46H75NO15/c1-20-8-13-46(47-17-20)16-23-14-28-26-7-6-24-15-25(9-11-44(24,4)27(26)10-12-45(28,5)31(23)21(46)2)58-43-40(62-41-37(55)35(53)32(50)22(3)57-41)39(34(52)30(19-49)60-43)61-42-38(56)36(54)33(51)29(18-48)59-42/h6,20-23,25-43,47-56H,7-19H2,1-5H3. The highest BCUT2D eigenvalue weighted by atomic mass is 16.8. The molecule has 354 valence electrons. The van der Waals surface area contributed by atoms with E-state index in [-0.39, 0.29) is 11.5 Å². The number of hydrogen-bond donors (Lipinski definition) is 10. The van der Waals surface area contributed by atoms with Gasteiger partial charge in [-0.05, 0) is 130 Å². The van der Waals surface area contributed by atoms with E-state index in [2.05, 4.69) is 39.1 Å². The van der Waals surface area contributed by atoms with Crippen LogP contribution in [0.4, 0.5) is 0 Å². The number of rotatable bonds is 8. The average molecular weight is 882 g/mol. The Balaban J connectivity index is 0.940. The topological polar surface area (TPSA) is 249 Å². The van der Waals surface area contributed by atoms with E-state index in [0.717, 1.165) is 37.1 Å². The predicted octanol–water partition coefficient (Wildman–Crippen LogP) is 0.451. The molecule has 1 spiro atoms. The minimum atomic E-state index is -1.83. The Morgan fingerprint density at radius 2 is 1.35 bits per heavy atom. The number of nitrogens with one attached hydrogen (secondary N) is 1. The van der Waals surface area contributed by atoms with Crippen molar-refractivity contribution in [1.29, 1.82) is 0 Å². The van der Waals surface area contributed by atoms with Gasteiger partial charge in [0.05, 0.1) is 25.4 Å². The van der Waals surface area contributed by atoms with Gasteiger partial charge < -0.3 is 79.7 Å². The van der Waals surface area contributed by atoms with Crippen molar-refractivity contribution >= 4 is 0 Å². The molecule has 4 saturated carbocycles. The van der Waals surface area contributed by atoms with Gasteiger partial charge in [0.15, 0.2) is 18.9 Å². The number of allylic oxidation sites excluding steroid dienone is 1. The lowest BCUT2D eigenvalue weighted by molar-refractivity contribution is -0.394. The zero-order valence-corrected chi connectivity index (χ0v) is 37.0. The molecule has 62 heavy (non-hydrogen) atoms. The van der Waals surface area contributed by atoms with E-state index in [1.807, 2.05) is 0 Å². The van der Waals surface area contributed by atoms with Crippen LogP contribution >= 0.6 is 0 Å². The highest BCUT2D eigenvalue weighted by Gasteiger charge is 2.67. The summed E-state index contributed by atoms with van der Waals surface area (Å²) in [5.41, 5.74) is 2.02. The van der Waals surface area contributed by atoms with Crippen molar-refractivity contribution in [2.45, 2.75) is 203 Å². The third kappa shape index (κ3) is 7.50. The number of fused-ring (bicyclic) bond motifs is 7. The molecule has 0 aromatic rings. The minimum absolute atomic E-state index is 0.00474. The molecule has 0 bridgehead atoms. The largest absolute Gasteiger partial charge is 0.394 e. The molecule has 16 nitrogen and oxygen atoms in total. The number of ether oxygens (including phenoxy) is 6. The maximum absolute atomic E-state index is 11.6. The van der Waals surface area contributed by atoms with Crippen molar-refractivity contribution in [3.05, 3.63) is 11.6 Å². The van der Waals surface area contributed by atoms with E-state index in [4.69, 9.17) is 28.4 Å². The SMILES string of the molecule is CC1CCC2(CC3CC4C5CC=C6CC(OC7OC(CO)C(O)C(OC8OC(CO)C(O)C(O)C8O)C7OC7OC(C)C(O)C(O)C7O)CCC6(C)C5CCC4(C)C3C2C)NC1. The van der Waals surface area contributed by atoms with Crippen molar-refractivity contribution in [1.82, 2.24) is 5.32 Å². The van der Waals surface area contributed by atoms with E-state index >= 15 is 0 Å². The summed E-state index contributed by atoms with van der Waals surface area (Å²) in [4.78, 5) is 0. The minimum Gasteiger partial charge on any atom is -0.394 e. The van der Waals surface area contributed by atoms with Crippen LogP contribution in [0.2, 0.25) is 0 Å². The first-order chi connectivity index (χ1) is 29.4. The second-order valence-corrected chi connectivity index (χ2v) is 21.8. The Bertz CT molecular complexity index is 1610. The Morgan fingerprint density at radius 1 is 0.694 bits per heavy atom. The maximum Gasteiger partial charge on any atom is 0.187 e. The third-order valence-corrected chi connectivity index (χ3v) is 18.6. The second-order valence-electron chi connectivity index (χ2n) is 21.8. The summed E-state index contributed by atoms with van der Waals surface area (Å²) in [5, 5.41) is 99.9. The number of aliphatic hydroxyl groups excluding tert-OH is 9. The zero-order valence-electron chi connectivity index (χ0n) is 37.0. The van der Waals surface area contributed by atoms with Crippen molar-refractivity contribution in [3.63, 3.8) is 0 Å². The van der Waals surface area contributed by atoms with Crippen molar-refractivity contribution in [2.75, 3.05) is 19.8 Å². The summed E-state index contributed by atoms with van der Waals surface area (Å²) in [7, 11) is 0. The Kier molecular flexibility index (Phi) is 12.9. The fraction of sp³-hybridized carbons (Fsp3) is 0.957. The van der Waals surface area contributed by atoms with Crippen LogP contribution in [0.15, 0.2) is 11.6 Å². The molecule has 0 aromatic heterocycles. The molecule has 8 fully saturated rings. The van der Waals surface area contributed by atoms with Gasteiger partial charge in [0.25, 0.3) is 0 Å². The molecular formula is C46H75NO15. The van der Waals surface area contributed by atoms with Gasteiger partial charge in [-0.15, -0.1) is 0 Å². The summed E-state index contributed by atoms with van der Waals surface area (Å²) in [6, 6.07) is 0. The third-order valence-electron chi connectivity index (χ3n) is 18.6. The lowest BCUT2D eigenvalue weighted by Gasteiger charge is -2.59. The average Bonchev–Trinajstić information content (AvgIpc) is 3.70. The van der Waals surface area contributed by atoms with E-state index in [0.29, 0.717) is 47.5 Å². The number of hydrogen-bond acceptors (Lipinski definition) is 16. The van der Waals surface area contributed by atoms with Gasteiger partial charge in [0.2, 0.25) is 0 Å². The zero-order chi connectivity index (χ0) is 44.2. The fourth-order valence-electron chi connectivity index (χ4n) is 15.0. The summed E-state index contributed by atoms with van der Waals surface area (Å²) in [6.45, 7) is 11.3. The quantitative estimate of drug-likeness (QED) is 0.149. The summed E-state index contributed by atoms with van der Waals surface area (Å²) in [5.74, 6) is 4.88. The monoisotopic (exact) mass is 882 g/mol. The van der Waals surface area contributed by atoms with Crippen LogP contribution in [0.5, 0.6) is 0 Å². The molecule has 4 aliphatic heterocycles. The summed E-state index contributed by atoms with van der Waals surface area (Å²) in [6.07, 6.45) is -9.86. The smallest absolute Gasteiger partial charge is 0.187 e. The van der Waals surface area contributed by atoms with Crippen LogP contribution in [0, 0.1) is 52.3 Å². The van der Waals surface area contributed by atoms with E-state index in [1.54, 1.807) is 0 Å². The normalized spacial score (nSPS) is 57.6. The van der Waals surface area contributed by atoms with Crippen LogP contribution in [-0.4, -0.2) is 169 Å². The molecule has 4 heterocycles. The molecular weight excluding hydrogens is 806 g/mol. The van der Waals surface area contributed by atoms with Gasteiger partial charge in [-0.2, -0.15) is 0 Å². The molecule has 5 aliphatic carbocycles. The van der Waals surface area contributed by atoms with Crippen molar-refractivity contribution < 1.29 is 74.4 Å². The van der Waals surface area contributed by atoms with Crippen molar-refractivity contribution in [2.24, 2.45) is 52.3 Å². The van der Waals surface area contributed by atoms with Gasteiger partial charge in [-0.3, -0.25) is 0 Å². The molecule has 26 atom stereocenters. The molecule has 0 radical (unpaired) electrons. The van der Waals surface area contributed by atoms with Crippen LogP contribution in [0.25, 0.3) is 0 Å². The molecule has 10 N–H and O–H groups in total. The fourth-order valence-corrected chi connectivity index (χ4v) is 15.0. The molecule has 16 heteroatoms. The lowest BCUT2D eigenvalue weighted by Crippen LogP contribution is -2.67. The Hall–Kier alpha value is -0.900. The Morgan fingerprint density at radius 3 is 2.05 bits per heavy atom. The van der Waals surface area contributed by atoms with Crippen LogP contribution in [-0.2, 0) is 28.4 Å². The number of aliphatic hydroxyl groups is 9.